The summed E-state index contributed by atoms with van der Waals surface area (Å²) in [5, 5.41) is 15.1. The topological polar surface area (TPSA) is 139 Å². The van der Waals surface area contributed by atoms with Gasteiger partial charge in [-0.2, -0.15) is 4.72 Å². The molecule has 0 saturated heterocycles. The second kappa shape index (κ2) is 7.12. The van der Waals surface area contributed by atoms with Crippen molar-refractivity contribution in [3.63, 3.8) is 0 Å². The lowest BCUT2D eigenvalue weighted by Crippen LogP contribution is -2.57. The number of carbonyl (C=O) groups excluding carboxylic acids is 1. The number of nitrogens with one attached hydrogen (secondary N) is 2. The van der Waals surface area contributed by atoms with E-state index in [1.54, 1.807) is 0 Å². The molecular formula is C15H23N3O6S. The largest absolute Gasteiger partial charge is 0.481 e. The van der Waals surface area contributed by atoms with Gasteiger partial charge in [0.2, 0.25) is 15.9 Å². The van der Waals surface area contributed by atoms with Crippen molar-refractivity contribution in [3.8, 4) is 0 Å². The predicted molar refractivity (Wildman–Crippen MR) is 87.3 cm³/mol. The van der Waals surface area contributed by atoms with E-state index >= 15 is 0 Å². The molecule has 1 amide bonds. The van der Waals surface area contributed by atoms with Crippen LogP contribution >= 0.6 is 0 Å². The zero-order valence-electron chi connectivity index (χ0n) is 14.5. The molecule has 1 aromatic rings. The smallest absolute Gasteiger partial charge is 0.308 e. The molecule has 1 aromatic heterocycles. The van der Waals surface area contributed by atoms with Crippen LogP contribution in [0.25, 0.3) is 0 Å². The van der Waals surface area contributed by atoms with Crippen LogP contribution in [0.2, 0.25) is 0 Å². The van der Waals surface area contributed by atoms with Gasteiger partial charge in [-0.3, -0.25) is 9.59 Å². The summed E-state index contributed by atoms with van der Waals surface area (Å²) in [6.45, 7) is 4.41. The lowest BCUT2D eigenvalue weighted by molar-refractivity contribution is -0.141. The van der Waals surface area contributed by atoms with Gasteiger partial charge >= 0.3 is 5.97 Å². The molecule has 1 heterocycles. The molecule has 1 atom stereocenters. The Hall–Kier alpha value is -1.94. The summed E-state index contributed by atoms with van der Waals surface area (Å²) in [4.78, 5) is 23.5. The highest BCUT2D eigenvalue weighted by Crippen LogP contribution is 2.32. The van der Waals surface area contributed by atoms with Crippen molar-refractivity contribution >= 4 is 21.9 Å². The number of carbonyl (C=O) groups is 2. The van der Waals surface area contributed by atoms with Crippen molar-refractivity contribution in [1.29, 1.82) is 0 Å². The van der Waals surface area contributed by atoms with Crippen LogP contribution < -0.4 is 10.0 Å². The average Bonchev–Trinajstić information content (AvgIpc) is 3.11. The first-order chi connectivity index (χ1) is 11.6. The number of sulfonamides is 1. The highest BCUT2D eigenvalue weighted by Gasteiger charge is 2.45. The Labute approximate surface area is 146 Å². The summed E-state index contributed by atoms with van der Waals surface area (Å²) in [7, 11) is -4.00. The van der Waals surface area contributed by atoms with Crippen molar-refractivity contribution < 1.29 is 27.6 Å². The molecular weight excluding hydrogens is 350 g/mol. The normalized spacial score (nSPS) is 18.0. The van der Waals surface area contributed by atoms with Gasteiger partial charge in [-0.25, -0.2) is 8.42 Å². The van der Waals surface area contributed by atoms with Crippen LogP contribution in [0.3, 0.4) is 0 Å². The van der Waals surface area contributed by atoms with Crippen LogP contribution in [0.5, 0.6) is 0 Å². The van der Waals surface area contributed by atoms with Gasteiger partial charge in [-0.05, 0) is 26.7 Å². The minimum atomic E-state index is -4.00. The number of nitrogens with zero attached hydrogens (tertiary/aromatic N) is 1. The lowest BCUT2D eigenvalue weighted by Gasteiger charge is -2.29. The Morgan fingerprint density at radius 1 is 1.32 bits per heavy atom. The molecule has 0 aliphatic heterocycles. The SMILES string of the molecule is Cc1noc(C)c1S(=O)(=O)NC1(C(=O)NCC(C)C(=O)O)CCCC1. The fourth-order valence-electron chi connectivity index (χ4n) is 3.02. The van der Waals surface area contributed by atoms with E-state index in [9.17, 15) is 18.0 Å². The number of aryl methyl sites for hydroxylation is 2. The van der Waals surface area contributed by atoms with Crippen LogP contribution in [0.4, 0.5) is 0 Å². The fraction of sp³-hybridized carbons (Fsp3) is 0.667. The standard InChI is InChI=1S/C15H23N3O6S/c1-9(13(19)20)8-16-14(21)15(6-4-5-7-15)18-25(22,23)12-10(2)17-24-11(12)3/h9,18H,4-8H2,1-3H3,(H,16,21)(H,19,20). The third kappa shape index (κ3) is 4.01. The first-order valence-electron chi connectivity index (χ1n) is 8.07. The number of amides is 1. The van der Waals surface area contributed by atoms with Crippen molar-refractivity contribution in [2.45, 2.75) is 56.9 Å². The zero-order chi connectivity index (χ0) is 18.8. The highest BCUT2D eigenvalue weighted by atomic mass is 32.2. The molecule has 1 aliphatic carbocycles. The molecule has 0 spiro atoms. The number of hydrogen-bond donors (Lipinski definition) is 3. The average molecular weight is 373 g/mol. The van der Waals surface area contributed by atoms with Gasteiger partial charge in [0, 0.05) is 6.54 Å². The molecule has 2 rings (SSSR count). The van der Waals surface area contributed by atoms with Crippen LogP contribution in [-0.2, 0) is 19.6 Å². The van der Waals surface area contributed by atoms with E-state index in [2.05, 4.69) is 15.2 Å². The van der Waals surface area contributed by atoms with Crippen molar-refractivity contribution in [1.82, 2.24) is 15.2 Å². The molecule has 1 saturated carbocycles. The molecule has 0 radical (unpaired) electrons. The van der Waals surface area contributed by atoms with E-state index in [-0.39, 0.29) is 22.9 Å². The molecule has 1 aliphatic rings. The van der Waals surface area contributed by atoms with Crippen LogP contribution in [0.15, 0.2) is 9.42 Å². The molecule has 3 N–H and O–H groups in total. The Kier molecular flexibility index (Phi) is 5.52. The molecule has 0 bridgehead atoms. The number of aliphatic carboxylic acids is 1. The first-order valence-corrected chi connectivity index (χ1v) is 9.55. The zero-order valence-corrected chi connectivity index (χ0v) is 15.3. The van der Waals surface area contributed by atoms with Gasteiger partial charge in [0.1, 0.15) is 16.1 Å². The Bertz CT molecular complexity index is 745. The molecule has 1 fully saturated rings. The van der Waals surface area contributed by atoms with Gasteiger partial charge in [0.05, 0.1) is 5.92 Å². The maximum atomic E-state index is 12.8. The van der Waals surface area contributed by atoms with E-state index in [1.165, 1.54) is 20.8 Å². The maximum Gasteiger partial charge on any atom is 0.308 e. The maximum absolute atomic E-state index is 12.8. The Balaban J connectivity index is 2.22. The molecule has 25 heavy (non-hydrogen) atoms. The van der Waals surface area contributed by atoms with Gasteiger partial charge in [0.25, 0.3) is 0 Å². The number of aromatic nitrogens is 1. The van der Waals surface area contributed by atoms with Crippen LogP contribution in [0, 0.1) is 19.8 Å². The third-order valence-electron chi connectivity index (χ3n) is 4.45. The lowest BCUT2D eigenvalue weighted by atomic mass is 9.98. The number of carboxylic acid groups (broad SMARTS) is 1. The van der Waals surface area contributed by atoms with Crippen LogP contribution in [-0.4, -0.2) is 42.6 Å². The second-order valence-corrected chi connectivity index (χ2v) is 8.12. The summed E-state index contributed by atoms with van der Waals surface area (Å²) >= 11 is 0. The Morgan fingerprint density at radius 2 is 1.92 bits per heavy atom. The van der Waals surface area contributed by atoms with Gasteiger partial charge < -0.3 is 14.9 Å². The minimum absolute atomic E-state index is 0.0644. The summed E-state index contributed by atoms with van der Waals surface area (Å²) in [6.07, 6.45) is 2.10. The molecule has 0 aromatic carbocycles. The number of hydrogen-bond acceptors (Lipinski definition) is 6. The molecule has 1 unspecified atom stereocenters. The van der Waals surface area contributed by atoms with E-state index in [1.807, 2.05) is 0 Å². The molecule has 9 nitrogen and oxygen atoms in total. The first kappa shape index (κ1) is 19.4. The van der Waals surface area contributed by atoms with Crippen molar-refractivity contribution in [3.05, 3.63) is 11.5 Å². The Morgan fingerprint density at radius 3 is 2.40 bits per heavy atom. The van der Waals surface area contributed by atoms with Crippen molar-refractivity contribution in [2.24, 2.45) is 5.92 Å². The summed E-state index contributed by atoms with van der Waals surface area (Å²) in [5.41, 5.74) is -1.06. The quantitative estimate of drug-likeness (QED) is 0.640. The fourth-order valence-corrected chi connectivity index (χ4v) is 4.78. The summed E-state index contributed by atoms with van der Waals surface area (Å²) < 4.78 is 33.0. The monoisotopic (exact) mass is 373 g/mol. The van der Waals surface area contributed by atoms with Crippen molar-refractivity contribution in [2.75, 3.05) is 6.54 Å². The van der Waals surface area contributed by atoms with Crippen LogP contribution in [0.1, 0.15) is 44.1 Å². The van der Waals surface area contributed by atoms with E-state index in [4.69, 9.17) is 9.63 Å². The van der Waals surface area contributed by atoms with E-state index in [0.29, 0.717) is 25.7 Å². The van der Waals surface area contributed by atoms with E-state index < -0.39 is 33.4 Å². The molecule has 10 heteroatoms. The highest BCUT2D eigenvalue weighted by molar-refractivity contribution is 7.89. The van der Waals surface area contributed by atoms with Gasteiger partial charge in [-0.15, -0.1) is 0 Å². The molecule has 140 valence electrons. The summed E-state index contributed by atoms with van der Waals surface area (Å²) in [5.74, 6) is -2.15. The minimum Gasteiger partial charge on any atom is -0.481 e. The predicted octanol–water partition coefficient (Wildman–Crippen LogP) is 0.719. The number of rotatable bonds is 7. The number of carboxylic acids is 1. The van der Waals surface area contributed by atoms with E-state index in [0.717, 1.165) is 0 Å². The second-order valence-electron chi connectivity index (χ2n) is 6.50. The van der Waals surface area contributed by atoms with Gasteiger partial charge in [0.15, 0.2) is 5.76 Å². The van der Waals surface area contributed by atoms with Gasteiger partial charge in [-0.1, -0.05) is 24.9 Å². The summed E-state index contributed by atoms with van der Waals surface area (Å²) in [6, 6.07) is 0. The third-order valence-corrected chi connectivity index (χ3v) is 6.23.